The van der Waals surface area contributed by atoms with Gasteiger partial charge in [0.15, 0.2) is 5.78 Å². The van der Waals surface area contributed by atoms with Crippen molar-refractivity contribution in [2.24, 2.45) is 11.8 Å². The summed E-state index contributed by atoms with van der Waals surface area (Å²) in [5.41, 5.74) is 2.13. The number of aromatic nitrogens is 1. The van der Waals surface area contributed by atoms with Crippen LogP contribution in [0.2, 0.25) is 0 Å². The number of ketones is 1. The van der Waals surface area contributed by atoms with Crippen LogP contribution in [-0.4, -0.2) is 40.6 Å². The molecule has 6 nitrogen and oxygen atoms in total. The first-order valence-corrected chi connectivity index (χ1v) is 10.2. The second-order valence-electron chi connectivity index (χ2n) is 7.90. The number of carbonyl (C=O) groups is 3. The molecule has 0 radical (unpaired) electrons. The molecule has 1 unspecified atom stereocenters. The van der Waals surface area contributed by atoms with Gasteiger partial charge in [0.05, 0.1) is 6.42 Å². The van der Waals surface area contributed by atoms with Crippen molar-refractivity contribution in [2.75, 3.05) is 18.4 Å². The molecule has 1 saturated heterocycles. The summed E-state index contributed by atoms with van der Waals surface area (Å²) >= 11 is 0. The van der Waals surface area contributed by atoms with Crippen LogP contribution in [0.4, 0.5) is 5.69 Å². The Hall–Kier alpha value is -3.02. The molecule has 1 saturated carbocycles. The monoisotopic (exact) mass is 391 g/mol. The van der Waals surface area contributed by atoms with Crippen LogP contribution in [0.25, 0.3) is 0 Å². The van der Waals surface area contributed by atoms with Gasteiger partial charge in [-0.3, -0.25) is 19.4 Å². The number of pyridine rings is 1. The van der Waals surface area contributed by atoms with Crippen molar-refractivity contribution in [2.45, 2.75) is 32.1 Å². The molecule has 6 heteroatoms. The molecule has 2 heterocycles. The van der Waals surface area contributed by atoms with E-state index in [0.29, 0.717) is 25.2 Å². The molecule has 4 rings (SSSR count). The summed E-state index contributed by atoms with van der Waals surface area (Å²) in [4.78, 5) is 43.2. The Labute approximate surface area is 170 Å². The third-order valence-electron chi connectivity index (χ3n) is 5.59. The third kappa shape index (κ3) is 4.88. The smallest absolute Gasteiger partial charge is 0.227 e. The topological polar surface area (TPSA) is 79.4 Å². The zero-order valence-corrected chi connectivity index (χ0v) is 16.3. The molecule has 1 aliphatic heterocycles. The molecular formula is C23H25N3O3. The van der Waals surface area contributed by atoms with Gasteiger partial charge in [-0.25, -0.2) is 0 Å². The van der Waals surface area contributed by atoms with E-state index in [-0.39, 0.29) is 29.4 Å². The maximum Gasteiger partial charge on any atom is 0.227 e. The number of rotatable bonds is 6. The Bertz CT molecular complexity index is 891. The summed E-state index contributed by atoms with van der Waals surface area (Å²) in [5, 5.41) is 2.90. The largest absolute Gasteiger partial charge is 0.342 e. The summed E-state index contributed by atoms with van der Waals surface area (Å²) in [6.45, 7) is 1.13. The lowest BCUT2D eigenvalue weighted by molar-refractivity contribution is -0.131. The Morgan fingerprint density at radius 3 is 2.48 bits per heavy atom. The number of nitrogens with one attached hydrogen (secondary N) is 1. The van der Waals surface area contributed by atoms with E-state index in [1.54, 1.807) is 23.2 Å². The van der Waals surface area contributed by atoms with Crippen molar-refractivity contribution in [1.82, 2.24) is 9.88 Å². The van der Waals surface area contributed by atoms with Crippen LogP contribution in [0.3, 0.4) is 0 Å². The van der Waals surface area contributed by atoms with Gasteiger partial charge < -0.3 is 10.2 Å². The number of hydrogen-bond acceptors (Lipinski definition) is 4. The van der Waals surface area contributed by atoms with Crippen molar-refractivity contribution in [3.05, 3.63) is 59.9 Å². The van der Waals surface area contributed by atoms with Gasteiger partial charge in [0.2, 0.25) is 11.8 Å². The highest BCUT2D eigenvalue weighted by atomic mass is 16.2. The lowest BCUT2D eigenvalue weighted by atomic mass is 9.91. The minimum Gasteiger partial charge on any atom is -0.342 e. The molecule has 1 aromatic carbocycles. The lowest BCUT2D eigenvalue weighted by Crippen LogP contribution is -2.43. The zero-order chi connectivity index (χ0) is 20.2. The van der Waals surface area contributed by atoms with Crippen molar-refractivity contribution in [1.29, 1.82) is 0 Å². The molecule has 1 aromatic heterocycles. The van der Waals surface area contributed by atoms with E-state index in [0.717, 1.165) is 36.9 Å². The Morgan fingerprint density at radius 1 is 1.00 bits per heavy atom. The highest BCUT2D eigenvalue weighted by Gasteiger charge is 2.30. The Balaban J connectivity index is 1.33. The van der Waals surface area contributed by atoms with Gasteiger partial charge in [-0.15, -0.1) is 0 Å². The molecule has 2 fully saturated rings. The molecule has 1 N–H and O–H groups in total. The summed E-state index contributed by atoms with van der Waals surface area (Å²) in [6, 6.07) is 12.8. The van der Waals surface area contributed by atoms with E-state index in [1.807, 2.05) is 30.3 Å². The molecule has 0 spiro atoms. The van der Waals surface area contributed by atoms with Crippen LogP contribution < -0.4 is 5.32 Å². The first kappa shape index (κ1) is 19.3. The molecule has 150 valence electrons. The number of likely N-dealkylation sites (tertiary alicyclic amines) is 1. The first-order valence-electron chi connectivity index (χ1n) is 10.2. The van der Waals surface area contributed by atoms with E-state index in [1.165, 1.54) is 0 Å². The minimum absolute atomic E-state index is 0.0128. The second-order valence-corrected chi connectivity index (χ2v) is 7.90. The number of carbonyl (C=O) groups excluding carboxylic acids is 3. The predicted octanol–water partition coefficient (Wildman–Crippen LogP) is 3.09. The fourth-order valence-electron chi connectivity index (χ4n) is 3.72. The zero-order valence-electron chi connectivity index (χ0n) is 16.3. The number of hydrogen-bond donors (Lipinski definition) is 1. The van der Waals surface area contributed by atoms with Crippen LogP contribution >= 0.6 is 0 Å². The van der Waals surface area contributed by atoms with Crippen molar-refractivity contribution in [3.8, 4) is 0 Å². The fraction of sp³-hybridized carbons (Fsp3) is 0.391. The second kappa shape index (κ2) is 8.55. The van der Waals surface area contributed by atoms with E-state index >= 15 is 0 Å². The molecule has 2 aromatic rings. The molecular weight excluding hydrogens is 366 g/mol. The van der Waals surface area contributed by atoms with Crippen molar-refractivity contribution < 1.29 is 14.4 Å². The molecule has 2 amide bonds. The number of benzene rings is 1. The quantitative estimate of drug-likeness (QED) is 0.768. The van der Waals surface area contributed by atoms with Gasteiger partial charge in [-0.1, -0.05) is 18.2 Å². The van der Waals surface area contributed by atoms with Crippen molar-refractivity contribution >= 4 is 23.3 Å². The van der Waals surface area contributed by atoms with Crippen LogP contribution in [0, 0.1) is 11.8 Å². The Morgan fingerprint density at radius 2 is 1.79 bits per heavy atom. The standard InChI is InChI=1S/C23H25N3O3/c27-21(14-16-6-10-19(11-7-16)25-23(29)17-8-9-17)26-13-3-4-18(15-26)22(28)20-5-1-2-12-24-20/h1-2,5-7,10-12,17-18H,3-4,8-9,13-15H2,(H,25,29). The summed E-state index contributed by atoms with van der Waals surface area (Å²) in [7, 11) is 0. The van der Waals surface area contributed by atoms with Gasteiger partial charge in [0, 0.05) is 36.8 Å². The maximum absolute atomic E-state index is 12.8. The SMILES string of the molecule is O=C(Nc1ccc(CC(=O)N2CCCC(C(=O)c3ccccn3)C2)cc1)C1CC1. The number of anilines is 1. The van der Waals surface area contributed by atoms with E-state index in [9.17, 15) is 14.4 Å². The van der Waals surface area contributed by atoms with Crippen LogP contribution in [0.5, 0.6) is 0 Å². The van der Waals surface area contributed by atoms with Gasteiger partial charge in [0.25, 0.3) is 0 Å². The molecule has 29 heavy (non-hydrogen) atoms. The summed E-state index contributed by atoms with van der Waals surface area (Å²) in [6.07, 6.45) is 5.46. The average Bonchev–Trinajstić information content (AvgIpc) is 3.61. The number of Topliss-reactive ketones (excluding diaryl/α,β-unsaturated/α-hetero) is 1. The minimum atomic E-state index is -0.192. The maximum atomic E-state index is 12.8. The van der Waals surface area contributed by atoms with Crippen LogP contribution in [0.15, 0.2) is 48.7 Å². The predicted molar refractivity (Wildman–Crippen MR) is 109 cm³/mol. The Kier molecular flexibility index (Phi) is 5.69. The summed E-state index contributed by atoms with van der Waals surface area (Å²) in [5.74, 6) is 0.0858. The molecule has 2 aliphatic rings. The van der Waals surface area contributed by atoms with Gasteiger partial charge in [0.1, 0.15) is 5.69 Å². The molecule has 1 aliphatic carbocycles. The van der Waals surface area contributed by atoms with Crippen LogP contribution in [-0.2, 0) is 16.0 Å². The molecule has 1 atom stereocenters. The summed E-state index contributed by atoms with van der Waals surface area (Å²) < 4.78 is 0. The fourth-order valence-corrected chi connectivity index (χ4v) is 3.72. The third-order valence-corrected chi connectivity index (χ3v) is 5.59. The van der Waals surface area contributed by atoms with Gasteiger partial charge in [-0.2, -0.15) is 0 Å². The van der Waals surface area contributed by atoms with Crippen molar-refractivity contribution in [3.63, 3.8) is 0 Å². The highest BCUT2D eigenvalue weighted by molar-refractivity contribution is 5.96. The van der Waals surface area contributed by atoms with Gasteiger partial charge >= 0.3 is 0 Å². The average molecular weight is 391 g/mol. The highest BCUT2D eigenvalue weighted by Crippen LogP contribution is 2.30. The van der Waals surface area contributed by atoms with E-state index < -0.39 is 0 Å². The van der Waals surface area contributed by atoms with Crippen LogP contribution in [0.1, 0.15) is 41.7 Å². The molecule has 0 bridgehead atoms. The number of amides is 2. The normalized spacial score (nSPS) is 18.9. The number of piperidine rings is 1. The van der Waals surface area contributed by atoms with E-state index in [4.69, 9.17) is 0 Å². The first-order chi connectivity index (χ1) is 14.1. The van der Waals surface area contributed by atoms with Gasteiger partial charge in [-0.05, 0) is 55.5 Å². The lowest BCUT2D eigenvalue weighted by Gasteiger charge is -2.32. The number of nitrogens with zero attached hydrogens (tertiary/aromatic N) is 2. The van der Waals surface area contributed by atoms with E-state index in [2.05, 4.69) is 10.3 Å².